The van der Waals surface area contributed by atoms with Crippen molar-refractivity contribution in [1.29, 1.82) is 0 Å². The molecule has 1 aliphatic rings. The zero-order valence-electron chi connectivity index (χ0n) is 20.5. The van der Waals surface area contributed by atoms with E-state index >= 15 is 0 Å². The highest BCUT2D eigenvalue weighted by molar-refractivity contribution is 7.97. The van der Waals surface area contributed by atoms with Gasteiger partial charge in [0.25, 0.3) is 0 Å². The molecule has 0 saturated carbocycles. The van der Waals surface area contributed by atoms with Gasteiger partial charge in [-0.05, 0) is 93.5 Å². The highest BCUT2D eigenvalue weighted by atomic mass is 32.2. The number of nitrogens with zero attached hydrogens (tertiary/aromatic N) is 1. The maximum atomic E-state index is 12.0. The first kappa shape index (κ1) is 26.4. The van der Waals surface area contributed by atoms with Crippen LogP contribution in [0.25, 0.3) is 0 Å². The van der Waals surface area contributed by atoms with Crippen molar-refractivity contribution in [2.45, 2.75) is 64.7 Å². The molecule has 0 spiro atoms. The molecule has 32 heavy (non-hydrogen) atoms. The normalized spacial score (nSPS) is 14.7. The predicted octanol–water partition coefficient (Wildman–Crippen LogP) is 6.48. The number of likely N-dealkylation sites (tertiary alicyclic amines) is 1. The quantitative estimate of drug-likeness (QED) is 0.335. The Balaban J connectivity index is 0.00000176. The van der Waals surface area contributed by atoms with Crippen LogP contribution in [0.1, 0.15) is 64.0 Å². The third-order valence-corrected chi connectivity index (χ3v) is 6.56. The second-order valence-electron chi connectivity index (χ2n) is 8.55. The Kier molecular flexibility index (Phi) is 11.9. The zero-order chi connectivity index (χ0) is 23.3. The van der Waals surface area contributed by atoms with E-state index < -0.39 is 0 Å². The summed E-state index contributed by atoms with van der Waals surface area (Å²) in [6.45, 7) is 14.4. The molecule has 1 saturated heterocycles. The van der Waals surface area contributed by atoms with Gasteiger partial charge in [0, 0.05) is 23.0 Å². The summed E-state index contributed by atoms with van der Waals surface area (Å²) in [5.41, 5.74) is 3.58. The SMILES string of the molecule is CC.Cc1ccc(SNCCCN2CCC(c3cccc(NC(=O)C(C)C)c3)CC2)cc1. The molecule has 0 bridgehead atoms. The molecule has 4 nitrogen and oxygen atoms in total. The molecule has 176 valence electrons. The molecule has 2 aromatic rings. The van der Waals surface area contributed by atoms with Crippen LogP contribution in [0.15, 0.2) is 53.4 Å². The maximum absolute atomic E-state index is 12.0. The Morgan fingerprint density at radius 1 is 1.09 bits per heavy atom. The molecular formula is C27H41N3OS. The molecule has 2 N–H and O–H groups in total. The van der Waals surface area contributed by atoms with Gasteiger partial charge in [-0.1, -0.05) is 57.5 Å². The van der Waals surface area contributed by atoms with Crippen molar-refractivity contribution in [1.82, 2.24) is 9.62 Å². The first-order valence-electron chi connectivity index (χ1n) is 12.1. The fourth-order valence-electron chi connectivity index (χ4n) is 3.76. The van der Waals surface area contributed by atoms with Gasteiger partial charge in [-0.2, -0.15) is 0 Å². The van der Waals surface area contributed by atoms with Crippen LogP contribution in [0, 0.1) is 12.8 Å². The van der Waals surface area contributed by atoms with Crippen LogP contribution in [-0.4, -0.2) is 37.0 Å². The van der Waals surface area contributed by atoms with Crippen LogP contribution in [-0.2, 0) is 4.79 Å². The van der Waals surface area contributed by atoms with Crippen molar-refractivity contribution in [3.63, 3.8) is 0 Å². The number of carbonyl (C=O) groups is 1. The highest BCUT2D eigenvalue weighted by Crippen LogP contribution is 2.29. The third-order valence-electron chi connectivity index (χ3n) is 5.70. The van der Waals surface area contributed by atoms with E-state index in [1.54, 1.807) is 11.9 Å². The van der Waals surface area contributed by atoms with Gasteiger partial charge in [-0.3, -0.25) is 9.52 Å². The molecule has 1 amide bonds. The summed E-state index contributed by atoms with van der Waals surface area (Å²) in [6.07, 6.45) is 3.54. The van der Waals surface area contributed by atoms with Crippen LogP contribution in [0.5, 0.6) is 0 Å². The Morgan fingerprint density at radius 3 is 2.44 bits per heavy atom. The van der Waals surface area contributed by atoms with Gasteiger partial charge < -0.3 is 10.2 Å². The van der Waals surface area contributed by atoms with Crippen molar-refractivity contribution < 1.29 is 4.79 Å². The van der Waals surface area contributed by atoms with E-state index in [2.05, 4.69) is 64.3 Å². The van der Waals surface area contributed by atoms with E-state index in [4.69, 9.17) is 0 Å². The zero-order valence-corrected chi connectivity index (χ0v) is 21.3. The summed E-state index contributed by atoms with van der Waals surface area (Å²) in [5.74, 6) is 0.671. The van der Waals surface area contributed by atoms with Crippen molar-refractivity contribution in [3.8, 4) is 0 Å². The number of nitrogens with one attached hydrogen (secondary N) is 2. The number of hydrogen-bond acceptors (Lipinski definition) is 4. The fraction of sp³-hybridized carbons (Fsp3) is 0.519. The number of aryl methyl sites for hydroxylation is 1. The molecule has 5 heteroatoms. The highest BCUT2D eigenvalue weighted by Gasteiger charge is 2.20. The molecular weight excluding hydrogens is 414 g/mol. The fourth-order valence-corrected chi connectivity index (χ4v) is 4.45. The van der Waals surface area contributed by atoms with E-state index in [9.17, 15) is 4.79 Å². The molecule has 0 aromatic heterocycles. The Morgan fingerprint density at radius 2 is 1.78 bits per heavy atom. The maximum Gasteiger partial charge on any atom is 0.226 e. The van der Waals surface area contributed by atoms with Crippen molar-refractivity contribution in [2.24, 2.45) is 5.92 Å². The lowest BCUT2D eigenvalue weighted by Gasteiger charge is -2.32. The Labute approximate surface area is 199 Å². The lowest BCUT2D eigenvalue weighted by atomic mass is 9.89. The Hall–Kier alpha value is -1.82. The summed E-state index contributed by atoms with van der Waals surface area (Å²) >= 11 is 1.72. The van der Waals surface area contributed by atoms with Gasteiger partial charge in [0.1, 0.15) is 0 Å². The molecule has 0 radical (unpaired) electrons. The molecule has 0 unspecified atom stereocenters. The molecule has 1 heterocycles. The van der Waals surface area contributed by atoms with Crippen LogP contribution in [0.4, 0.5) is 5.69 Å². The van der Waals surface area contributed by atoms with E-state index in [0.717, 1.165) is 31.9 Å². The predicted molar refractivity (Wildman–Crippen MR) is 139 cm³/mol. The summed E-state index contributed by atoms with van der Waals surface area (Å²) < 4.78 is 3.48. The van der Waals surface area contributed by atoms with Gasteiger partial charge in [-0.15, -0.1) is 0 Å². The molecule has 0 aliphatic carbocycles. The number of anilines is 1. The van der Waals surface area contributed by atoms with E-state index in [0.29, 0.717) is 5.92 Å². The molecule has 2 aromatic carbocycles. The van der Waals surface area contributed by atoms with Gasteiger partial charge >= 0.3 is 0 Å². The van der Waals surface area contributed by atoms with E-state index in [-0.39, 0.29) is 11.8 Å². The number of hydrogen-bond donors (Lipinski definition) is 2. The van der Waals surface area contributed by atoms with Crippen LogP contribution in [0.3, 0.4) is 0 Å². The second-order valence-corrected chi connectivity index (χ2v) is 9.51. The lowest BCUT2D eigenvalue weighted by Crippen LogP contribution is -2.34. The summed E-state index contributed by atoms with van der Waals surface area (Å²) in [7, 11) is 0. The van der Waals surface area contributed by atoms with Crippen molar-refractivity contribution in [2.75, 3.05) is 31.5 Å². The molecule has 3 rings (SSSR count). The third kappa shape index (κ3) is 8.97. The van der Waals surface area contributed by atoms with Crippen LogP contribution < -0.4 is 10.0 Å². The molecule has 1 aliphatic heterocycles. The summed E-state index contributed by atoms with van der Waals surface area (Å²) in [6, 6.07) is 17.1. The van der Waals surface area contributed by atoms with E-state index in [1.165, 1.54) is 35.3 Å². The van der Waals surface area contributed by atoms with Gasteiger partial charge in [0.05, 0.1) is 0 Å². The van der Waals surface area contributed by atoms with E-state index in [1.807, 2.05) is 33.8 Å². The lowest BCUT2D eigenvalue weighted by molar-refractivity contribution is -0.118. The topological polar surface area (TPSA) is 44.4 Å². The smallest absolute Gasteiger partial charge is 0.226 e. The largest absolute Gasteiger partial charge is 0.326 e. The van der Waals surface area contributed by atoms with Gasteiger partial charge in [-0.25, -0.2) is 0 Å². The number of piperidine rings is 1. The minimum atomic E-state index is 0.00155. The number of amides is 1. The number of benzene rings is 2. The molecule has 1 fully saturated rings. The molecule has 0 atom stereocenters. The van der Waals surface area contributed by atoms with Crippen molar-refractivity contribution in [3.05, 3.63) is 59.7 Å². The Bertz CT molecular complexity index is 799. The van der Waals surface area contributed by atoms with Gasteiger partial charge in [0.2, 0.25) is 5.91 Å². The number of carbonyl (C=O) groups excluding carboxylic acids is 1. The summed E-state index contributed by atoms with van der Waals surface area (Å²) in [5, 5.41) is 3.03. The minimum Gasteiger partial charge on any atom is -0.326 e. The monoisotopic (exact) mass is 455 g/mol. The standard InChI is InChI=1S/C25H35N3OS.C2H6/c1-19(2)25(29)27-23-7-4-6-22(18-23)21-12-16-28(17-13-21)15-5-14-26-30-24-10-8-20(3)9-11-24;1-2/h4,6-11,18-19,21,26H,5,12-17H2,1-3H3,(H,27,29);1-2H3. The summed E-state index contributed by atoms with van der Waals surface area (Å²) in [4.78, 5) is 15.8. The number of rotatable bonds is 9. The first-order chi connectivity index (χ1) is 15.5. The van der Waals surface area contributed by atoms with Crippen LogP contribution in [0.2, 0.25) is 0 Å². The second kappa shape index (κ2) is 14.4. The van der Waals surface area contributed by atoms with Crippen molar-refractivity contribution >= 4 is 23.5 Å². The first-order valence-corrected chi connectivity index (χ1v) is 12.9. The average Bonchev–Trinajstić information content (AvgIpc) is 2.82. The average molecular weight is 456 g/mol. The minimum absolute atomic E-state index is 0.00155. The van der Waals surface area contributed by atoms with Crippen LogP contribution >= 0.6 is 11.9 Å². The van der Waals surface area contributed by atoms with Gasteiger partial charge in [0.15, 0.2) is 0 Å².